The minimum Gasteiger partial charge on any atom is -0.755 e. The number of rotatable bonds is 5. The van der Waals surface area contributed by atoms with E-state index in [4.69, 9.17) is 0 Å². The van der Waals surface area contributed by atoms with Crippen LogP contribution in [0.5, 0.6) is 0 Å². The van der Waals surface area contributed by atoms with Crippen molar-refractivity contribution in [1.29, 1.82) is 0 Å². The summed E-state index contributed by atoms with van der Waals surface area (Å²) in [6.07, 6.45) is 4.74. The molecule has 1 amide bonds. The van der Waals surface area contributed by atoms with E-state index >= 15 is 0 Å². The van der Waals surface area contributed by atoms with Gasteiger partial charge in [0.05, 0.1) is 17.2 Å². The van der Waals surface area contributed by atoms with Crippen LogP contribution in [0.25, 0.3) is 0 Å². The number of allylic oxidation sites excluding steroid dienone is 1. The topological polar surface area (TPSA) is 77.5 Å². The molecule has 1 unspecified atom stereocenters. The van der Waals surface area contributed by atoms with Crippen LogP contribution >= 0.6 is 0 Å². The van der Waals surface area contributed by atoms with Gasteiger partial charge in [-0.2, -0.15) is 0 Å². The van der Waals surface area contributed by atoms with Gasteiger partial charge in [0.15, 0.2) is 0 Å². The molecule has 0 spiro atoms. The van der Waals surface area contributed by atoms with Gasteiger partial charge in [-0.05, 0) is 19.3 Å². The third kappa shape index (κ3) is 3.47. The molecule has 0 N–H and O–H groups in total. The SMILES string of the molecule is CCC[C@H]1C=CN(S(=O)[O-])C(=O)[C@H]1CC(C)=O. The van der Waals surface area contributed by atoms with E-state index in [1.54, 1.807) is 6.08 Å². The monoisotopic (exact) mass is 258 g/mol. The van der Waals surface area contributed by atoms with Crippen LogP contribution in [0.1, 0.15) is 33.1 Å². The lowest BCUT2D eigenvalue weighted by Crippen LogP contribution is -2.40. The lowest BCUT2D eigenvalue weighted by atomic mass is 9.83. The number of amides is 1. The van der Waals surface area contributed by atoms with Gasteiger partial charge < -0.3 is 9.35 Å². The van der Waals surface area contributed by atoms with Crippen molar-refractivity contribution in [3.05, 3.63) is 12.3 Å². The van der Waals surface area contributed by atoms with Gasteiger partial charge in [0.2, 0.25) is 5.91 Å². The van der Waals surface area contributed by atoms with Crippen molar-refractivity contribution in [2.75, 3.05) is 0 Å². The highest BCUT2D eigenvalue weighted by Gasteiger charge is 2.34. The molecule has 0 radical (unpaired) electrons. The average molecular weight is 258 g/mol. The highest BCUT2D eigenvalue weighted by Crippen LogP contribution is 2.29. The minimum atomic E-state index is -2.60. The largest absolute Gasteiger partial charge is 0.755 e. The predicted octanol–water partition coefficient (Wildman–Crippen LogP) is 1.15. The second-order valence-electron chi connectivity index (χ2n) is 4.19. The predicted molar refractivity (Wildman–Crippen MR) is 62.1 cm³/mol. The van der Waals surface area contributed by atoms with Crippen LogP contribution in [-0.2, 0) is 20.9 Å². The van der Waals surface area contributed by atoms with Crippen LogP contribution < -0.4 is 0 Å². The van der Waals surface area contributed by atoms with Crippen LogP contribution in [-0.4, -0.2) is 24.8 Å². The molecule has 0 aliphatic carbocycles. The number of ketones is 1. The zero-order valence-corrected chi connectivity index (χ0v) is 10.7. The van der Waals surface area contributed by atoms with E-state index in [9.17, 15) is 18.4 Å². The molecule has 3 atom stereocenters. The summed E-state index contributed by atoms with van der Waals surface area (Å²) in [5.74, 6) is -1.20. The standard InChI is InChI=1S/C11H17NO4S/c1-3-4-9-5-6-12(17(15)16)11(14)10(9)7-8(2)13/h5-6,9-10H,3-4,7H2,1-2H3,(H,15,16)/p-1/t9-,10-/m0/s1. The second-order valence-corrected chi connectivity index (χ2v) is 5.02. The van der Waals surface area contributed by atoms with Crippen molar-refractivity contribution in [3.8, 4) is 0 Å². The molecule has 0 saturated carbocycles. The van der Waals surface area contributed by atoms with Crippen molar-refractivity contribution in [3.63, 3.8) is 0 Å². The van der Waals surface area contributed by atoms with Gasteiger partial charge >= 0.3 is 0 Å². The first-order valence-corrected chi connectivity index (χ1v) is 6.60. The third-order valence-corrected chi connectivity index (χ3v) is 3.43. The van der Waals surface area contributed by atoms with E-state index in [0.29, 0.717) is 4.31 Å². The fourth-order valence-electron chi connectivity index (χ4n) is 2.05. The highest BCUT2D eigenvalue weighted by molar-refractivity contribution is 7.77. The fraction of sp³-hybridized carbons (Fsp3) is 0.636. The van der Waals surface area contributed by atoms with E-state index in [2.05, 4.69) is 0 Å². The Labute approximate surface area is 103 Å². The first-order chi connectivity index (χ1) is 7.97. The number of nitrogens with zero attached hydrogens (tertiary/aromatic N) is 1. The molecule has 17 heavy (non-hydrogen) atoms. The van der Waals surface area contributed by atoms with Gasteiger partial charge in [-0.25, -0.2) is 4.31 Å². The van der Waals surface area contributed by atoms with Gasteiger partial charge in [0.1, 0.15) is 5.78 Å². The Balaban J connectivity index is 2.93. The Morgan fingerprint density at radius 2 is 2.24 bits per heavy atom. The molecule has 0 aromatic carbocycles. The smallest absolute Gasteiger partial charge is 0.241 e. The summed E-state index contributed by atoms with van der Waals surface area (Å²) < 4.78 is 22.3. The minimum absolute atomic E-state index is 0.0452. The maximum Gasteiger partial charge on any atom is 0.241 e. The Morgan fingerprint density at radius 1 is 1.59 bits per heavy atom. The number of carbonyl (C=O) groups excluding carboxylic acids is 2. The molecule has 1 aliphatic rings. The Kier molecular flexibility index (Phi) is 5.02. The number of Topliss-reactive ketones (excluding diaryl/α,β-unsaturated/α-hetero) is 1. The Morgan fingerprint density at radius 3 is 2.71 bits per heavy atom. The van der Waals surface area contributed by atoms with Crippen LogP contribution in [0.2, 0.25) is 0 Å². The lowest BCUT2D eigenvalue weighted by molar-refractivity contribution is -0.134. The summed E-state index contributed by atoms with van der Waals surface area (Å²) in [6, 6.07) is 0. The van der Waals surface area contributed by atoms with Crippen LogP contribution in [0.15, 0.2) is 12.3 Å². The van der Waals surface area contributed by atoms with Crippen molar-refractivity contribution in [2.45, 2.75) is 33.1 Å². The first kappa shape index (κ1) is 14.1. The molecule has 0 saturated heterocycles. The van der Waals surface area contributed by atoms with Crippen LogP contribution in [0.3, 0.4) is 0 Å². The molecular formula is C11H16NO4S-. The first-order valence-electron chi connectivity index (χ1n) is 5.57. The average Bonchev–Trinajstić information content (AvgIpc) is 2.22. The Bertz CT molecular complexity index is 366. The molecule has 0 fully saturated rings. The lowest BCUT2D eigenvalue weighted by Gasteiger charge is -2.33. The third-order valence-electron chi connectivity index (χ3n) is 2.81. The van der Waals surface area contributed by atoms with Crippen molar-refractivity contribution in [2.24, 2.45) is 11.8 Å². The molecule has 0 aromatic rings. The Hall–Kier alpha value is -1.01. The van der Waals surface area contributed by atoms with E-state index in [1.165, 1.54) is 13.1 Å². The number of hydrogen-bond donors (Lipinski definition) is 0. The molecular weight excluding hydrogens is 242 g/mol. The molecule has 0 aromatic heterocycles. The molecule has 5 nitrogen and oxygen atoms in total. The van der Waals surface area contributed by atoms with Gasteiger partial charge in [-0.1, -0.05) is 19.4 Å². The van der Waals surface area contributed by atoms with Gasteiger partial charge in [0.25, 0.3) is 0 Å². The summed E-state index contributed by atoms with van der Waals surface area (Å²) in [5, 5.41) is 0. The summed E-state index contributed by atoms with van der Waals surface area (Å²) in [4.78, 5) is 23.1. The van der Waals surface area contributed by atoms with Gasteiger partial charge in [0, 0.05) is 12.6 Å². The zero-order chi connectivity index (χ0) is 13.0. The summed E-state index contributed by atoms with van der Waals surface area (Å²) >= 11 is -2.60. The highest BCUT2D eigenvalue weighted by atomic mass is 32.2. The van der Waals surface area contributed by atoms with E-state index in [0.717, 1.165) is 12.8 Å². The summed E-state index contributed by atoms with van der Waals surface area (Å²) in [7, 11) is 0. The van der Waals surface area contributed by atoms with E-state index < -0.39 is 23.1 Å². The van der Waals surface area contributed by atoms with Crippen LogP contribution in [0.4, 0.5) is 0 Å². The van der Waals surface area contributed by atoms with E-state index in [-0.39, 0.29) is 18.1 Å². The molecule has 1 aliphatic heterocycles. The van der Waals surface area contributed by atoms with Crippen LogP contribution in [0, 0.1) is 11.8 Å². The van der Waals surface area contributed by atoms with Crippen molar-refractivity contribution >= 4 is 23.0 Å². The van der Waals surface area contributed by atoms with Gasteiger partial charge in [-0.3, -0.25) is 9.00 Å². The quantitative estimate of drug-likeness (QED) is 0.693. The molecule has 0 bridgehead atoms. The summed E-state index contributed by atoms with van der Waals surface area (Å²) in [5.41, 5.74) is 0. The molecule has 6 heteroatoms. The fourth-order valence-corrected chi connectivity index (χ4v) is 2.50. The maximum atomic E-state index is 11.9. The molecule has 96 valence electrons. The van der Waals surface area contributed by atoms with Crippen molar-refractivity contribution < 1.29 is 18.4 Å². The number of carbonyl (C=O) groups is 2. The second kappa shape index (κ2) is 6.07. The maximum absolute atomic E-state index is 11.9. The zero-order valence-electron chi connectivity index (χ0n) is 9.92. The van der Waals surface area contributed by atoms with E-state index in [1.807, 2.05) is 6.92 Å². The normalized spacial score (nSPS) is 26.1. The number of hydrogen-bond acceptors (Lipinski definition) is 4. The van der Waals surface area contributed by atoms with Crippen molar-refractivity contribution in [1.82, 2.24) is 4.31 Å². The summed E-state index contributed by atoms with van der Waals surface area (Å²) in [6.45, 7) is 3.40. The molecule has 1 heterocycles. The molecule has 1 rings (SSSR count). The van der Waals surface area contributed by atoms with Gasteiger partial charge in [-0.15, -0.1) is 0 Å².